The molecule has 0 saturated heterocycles. The zero-order valence-electron chi connectivity index (χ0n) is 10.5. The van der Waals surface area contributed by atoms with E-state index >= 15 is 0 Å². The van der Waals surface area contributed by atoms with Crippen molar-refractivity contribution in [1.29, 1.82) is 0 Å². The van der Waals surface area contributed by atoms with E-state index in [1.165, 1.54) is 0 Å². The van der Waals surface area contributed by atoms with Gasteiger partial charge in [-0.25, -0.2) is 0 Å². The van der Waals surface area contributed by atoms with E-state index in [2.05, 4.69) is 15.5 Å². The maximum atomic E-state index is 12.1. The molecule has 0 bridgehead atoms. The smallest absolute Gasteiger partial charge is 0.320 e. The zero-order chi connectivity index (χ0) is 13.8. The Labute approximate surface area is 115 Å². The van der Waals surface area contributed by atoms with Crippen LogP contribution in [0.5, 0.6) is 0 Å². The largest absolute Gasteiger partial charge is 0.400 e. The van der Waals surface area contributed by atoms with Crippen LogP contribution in [-0.4, -0.2) is 16.0 Å². The number of aromatic nitrogens is 2. The number of ketones is 1. The fourth-order valence-electron chi connectivity index (χ4n) is 1.72. The molecule has 0 radical (unpaired) electrons. The Morgan fingerprint density at radius 3 is 2.25 bits per heavy atom. The summed E-state index contributed by atoms with van der Waals surface area (Å²) in [7, 11) is 0. The van der Waals surface area contributed by atoms with Gasteiger partial charge in [0.25, 0.3) is 5.89 Å². The van der Waals surface area contributed by atoms with Crippen molar-refractivity contribution in [2.24, 2.45) is 0 Å². The van der Waals surface area contributed by atoms with Crippen LogP contribution in [0.3, 0.4) is 0 Å². The van der Waals surface area contributed by atoms with E-state index < -0.39 is 0 Å². The first-order valence-corrected chi connectivity index (χ1v) is 6.08. The number of carbonyl (C=O) groups is 1. The van der Waals surface area contributed by atoms with Gasteiger partial charge in [-0.2, -0.15) is 0 Å². The van der Waals surface area contributed by atoms with Crippen LogP contribution in [0.25, 0.3) is 0 Å². The molecule has 5 heteroatoms. The van der Waals surface area contributed by atoms with E-state index in [4.69, 9.17) is 4.42 Å². The van der Waals surface area contributed by atoms with Gasteiger partial charge < -0.3 is 9.73 Å². The van der Waals surface area contributed by atoms with Crippen LogP contribution in [0.4, 0.5) is 11.7 Å². The van der Waals surface area contributed by atoms with E-state index in [9.17, 15) is 4.79 Å². The minimum atomic E-state index is -0.292. The zero-order valence-corrected chi connectivity index (χ0v) is 10.5. The predicted octanol–water partition coefficient (Wildman–Crippen LogP) is 3.04. The lowest BCUT2D eigenvalue weighted by Crippen LogP contribution is -2.01. The molecule has 3 rings (SSSR count). The number of hydrogen-bond acceptors (Lipinski definition) is 5. The fraction of sp³-hybridized carbons (Fsp3) is 0. The van der Waals surface area contributed by atoms with Crippen molar-refractivity contribution in [1.82, 2.24) is 10.2 Å². The van der Waals surface area contributed by atoms with Crippen molar-refractivity contribution in [3.63, 3.8) is 0 Å². The highest BCUT2D eigenvalue weighted by Gasteiger charge is 2.16. The maximum Gasteiger partial charge on any atom is 0.320 e. The number of anilines is 2. The van der Waals surface area contributed by atoms with Gasteiger partial charge in [0.1, 0.15) is 0 Å². The van der Waals surface area contributed by atoms with Gasteiger partial charge in [0.05, 0.1) is 0 Å². The third-order valence-corrected chi connectivity index (χ3v) is 2.68. The van der Waals surface area contributed by atoms with Crippen molar-refractivity contribution in [3.8, 4) is 0 Å². The van der Waals surface area contributed by atoms with Gasteiger partial charge >= 0.3 is 6.01 Å². The van der Waals surface area contributed by atoms with Crippen LogP contribution in [0.15, 0.2) is 65.1 Å². The van der Waals surface area contributed by atoms with Gasteiger partial charge in [0.2, 0.25) is 5.78 Å². The standard InChI is InChI=1S/C15H11N3O2/c19-13(11-7-3-1-4-8-11)14-17-18-15(20-14)16-12-9-5-2-6-10-12/h1-10H,(H,16,18). The Bertz CT molecular complexity index is 708. The van der Waals surface area contributed by atoms with Crippen LogP contribution in [-0.2, 0) is 0 Å². The summed E-state index contributed by atoms with van der Waals surface area (Å²) >= 11 is 0. The van der Waals surface area contributed by atoms with Crippen LogP contribution < -0.4 is 5.32 Å². The molecule has 0 aliphatic heterocycles. The Hall–Kier alpha value is -2.95. The summed E-state index contributed by atoms with van der Waals surface area (Å²) in [5.41, 5.74) is 1.33. The molecular weight excluding hydrogens is 254 g/mol. The quantitative estimate of drug-likeness (QED) is 0.734. The molecule has 0 fully saturated rings. The van der Waals surface area contributed by atoms with Crippen molar-refractivity contribution in [2.45, 2.75) is 0 Å². The molecule has 2 aromatic carbocycles. The molecule has 98 valence electrons. The van der Waals surface area contributed by atoms with Crippen LogP contribution in [0, 0.1) is 0 Å². The Morgan fingerprint density at radius 2 is 1.55 bits per heavy atom. The lowest BCUT2D eigenvalue weighted by atomic mass is 10.1. The summed E-state index contributed by atoms with van der Waals surface area (Å²) < 4.78 is 5.32. The maximum absolute atomic E-state index is 12.1. The van der Waals surface area contributed by atoms with Gasteiger partial charge in [0.15, 0.2) is 0 Å². The van der Waals surface area contributed by atoms with Gasteiger partial charge in [-0.05, 0) is 12.1 Å². The van der Waals surface area contributed by atoms with Gasteiger partial charge in [-0.15, -0.1) is 5.10 Å². The van der Waals surface area contributed by atoms with Crippen LogP contribution in [0.2, 0.25) is 0 Å². The molecule has 20 heavy (non-hydrogen) atoms. The van der Waals surface area contributed by atoms with Gasteiger partial charge in [-0.1, -0.05) is 53.6 Å². The second-order valence-electron chi connectivity index (χ2n) is 4.10. The number of para-hydroxylation sites is 1. The lowest BCUT2D eigenvalue weighted by molar-refractivity contribution is 0.100. The number of hydrogen-bond donors (Lipinski definition) is 1. The van der Waals surface area contributed by atoms with Crippen LogP contribution in [0.1, 0.15) is 16.2 Å². The summed E-state index contributed by atoms with van der Waals surface area (Å²) in [6.45, 7) is 0. The number of nitrogens with one attached hydrogen (secondary N) is 1. The van der Waals surface area contributed by atoms with E-state index in [0.717, 1.165) is 5.69 Å². The minimum Gasteiger partial charge on any atom is -0.400 e. The summed E-state index contributed by atoms with van der Waals surface area (Å²) in [6.07, 6.45) is 0. The Morgan fingerprint density at radius 1 is 0.900 bits per heavy atom. The van der Waals surface area contributed by atoms with Crippen LogP contribution >= 0.6 is 0 Å². The van der Waals surface area contributed by atoms with E-state index in [1.54, 1.807) is 24.3 Å². The molecule has 0 aliphatic carbocycles. The molecule has 3 aromatic rings. The monoisotopic (exact) mass is 265 g/mol. The molecule has 5 nitrogen and oxygen atoms in total. The molecular formula is C15H11N3O2. The van der Waals surface area contributed by atoms with E-state index in [1.807, 2.05) is 36.4 Å². The fourth-order valence-corrected chi connectivity index (χ4v) is 1.72. The molecule has 1 heterocycles. The first-order chi connectivity index (χ1) is 9.83. The Kier molecular flexibility index (Phi) is 3.24. The normalized spacial score (nSPS) is 10.2. The summed E-state index contributed by atoms with van der Waals surface area (Å²) in [4.78, 5) is 12.1. The second kappa shape index (κ2) is 5.36. The third kappa shape index (κ3) is 2.56. The molecule has 0 atom stereocenters. The van der Waals surface area contributed by atoms with Crippen molar-refractivity contribution < 1.29 is 9.21 Å². The Balaban J connectivity index is 1.79. The highest BCUT2D eigenvalue weighted by atomic mass is 16.4. The SMILES string of the molecule is O=C(c1ccccc1)c1nnc(Nc2ccccc2)o1. The summed E-state index contributed by atoms with van der Waals surface area (Å²) in [5.74, 6) is -0.325. The van der Waals surface area contributed by atoms with E-state index in [-0.39, 0.29) is 17.7 Å². The number of rotatable bonds is 4. The lowest BCUT2D eigenvalue weighted by Gasteiger charge is -1.99. The molecule has 0 amide bonds. The average molecular weight is 265 g/mol. The number of benzene rings is 2. The van der Waals surface area contributed by atoms with Gasteiger partial charge in [-0.3, -0.25) is 4.79 Å². The first kappa shape index (κ1) is 12.1. The molecule has 0 spiro atoms. The molecule has 0 aliphatic rings. The van der Waals surface area contributed by atoms with Crippen molar-refractivity contribution in [3.05, 3.63) is 72.1 Å². The molecule has 0 unspecified atom stereocenters. The van der Waals surface area contributed by atoms with Crippen molar-refractivity contribution in [2.75, 3.05) is 5.32 Å². The van der Waals surface area contributed by atoms with Crippen molar-refractivity contribution >= 4 is 17.5 Å². The van der Waals surface area contributed by atoms with Gasteiger partial charge in [0, 0.05) is 11.3 Å². The average Bonchev–Trinajstić information content (AvgIpc) is 2.97. The molecule has 1 aromatic heterocycles. The summed E-state index contributed by atoms with van der Waals surface area (Å²) in [5, 5.41) is 10.5. The highest BCUT2D eigenvalue weighted by molar-refractivity contribution is 6.05. The third-order valence-electron chi connectivity index (χ3n) is 2.68. The first-order valence-electron chi connectivity index (χ1n) is 6.08. The predicted molar refractivity (Wildman–Crippen MR) is 73.9 cm³/mol. The second-order valence-corrected chi connectivity index (χ2v) is 4.10. The number of carbonyl (C=O) groups excluding carboxylic acids is 1. The highest BCUT2D eigenvalue weighted by Crippen LogP contribution is 2.16. The molecule has 1 N–H and O–H groups in total. The van der Waals surface area contributed by atoms with E-state index in [0.29, 0.717) is 5.56 Å². The summed E-state index contributed by atoms with van der Waals surface area (Å²) in [6, 6.07) is 18.4. The topological polar surface area (TPSA) is 68.0 Å². The minimum absolute atomic E-state index is 0.0327. The molecule has 0 saturated carbocycles. The number of nitrogens with zero attached hydrogens (tertiary/aromatic N) is 2.